The number of hydrogen-bond acceptors (Lipinski definition) is 4. The van der Waals surface area contributed by atoms with Crippen LogP contribution in [0.15, 0.2) is 24.3 Å². The minimum absolute atomic E-state index is 0.503. The molecule has 4 heteroatoms. The molecule has 20 heavy (non-hydrogen) atoms. The molecule has 1 saturated carbocycles. The standard InChI is InChI=1S/C16H23NO3/c1-4-5-8-20-16-14(18-2)9-12(10-15(16)19-3)11-17-13-6-7-13/h4-5,9-10,13,17H,6-8,11H2,1-3H3/b5-4+. The van der Waals surface area contributed by atoms with Crippen molar-refractivity contribution in [1.82, 2.24) is 5.32 Å². The Kier molecular flexibility index (Phi) is 5.30. The zero-order valence-electron chi connectivity index (χ0n) is 12.4. The Morgan fingerprint density at radius 3 is 2.35 bits per heavy atom. The highest BCUT2D eigenvalue weighted by Gasteiger charge is 2.21. The number of allylic oxidation sites excluding steroid dienone is 1. The number of ether oxygens (including phenoxy) is 3. The van der Waals surface area contributed by atoms with Gasteiger partial charge in [-0.1, -0.05) is 12.2 Å². The van der Waals surface area contributed by atoms with Crippen molar-refractivity contribution in [3.8, 4) is 17.2 Å². The lowest BCUT2D eigenvalue weighted by atomic mass is 10.1. The highest BCUT2D eigenvalue weighted by Crippen LogP contribution is 2.38. The minimum Gasteiger partial charge on any atom is -0.493 e. The minimum atomic E-state index is 0.503. The van der Waals surface area contributed by atoms with Crippen LogP contribution in [-0.4, -0.2) is 26.9 Å². The van der Waals surface area contributed by atoms with Gasteiger partial charge >= 0.3 is 0 Å². The number of nitrogens with one attached hydrogen (secondary N) is 1. The Morgan fingerprint density at radius 1 is 1.20 bits per heavy atom. The van der Waals surface area contributed by atoms with Gasteiger partial charge in [0.1, 0.15) is 6.61 Å². The second-order valence-corrected chi connectivity index (χ2v) is 4.86. The van der Waals surface area contributed by atoms with Crippen molar-refractivity contribution < 1.29 is 14.2 Å². The maximum absolute atomic E-state index is 5.73. The number of methoxy groups -OCH3 is 2. The maximum Gasteiger partial charge on any atom is 0.203 e. The molecule has 0 heterocycles. The van der Waals surface area contributed by atoms with E-state index in [1.54, 1.807) is 14.2 Å². The molecular weight excluding hydrogens is 254 g/mol. The highest BCUT2D eigenvalue weighted by molar-refractivity contribution is 5.54. The third-order valence-electron chi connectivity index (χ3n) is 3.25. The summed E-state index contributed by atoms with van der Waals surface area (Å²) in [5, 5.41) is 3.48. The molecule has 1 aliphatic carbocycles. The molecule has 1 N–H and O–H groups in total. The van der Waals surface area contributed by atoms with Crippen LogP contribution in [0.1, 0.15) is 25.3 Å². The third-order valence-corrected chi connectivity index (χ3v) is 3.25. The topological polar surface area (TPSA) is 39.7 Å². The van der Waals surface area contributed by atoms with E-state index in [0.29, 0.717) is 29.9 Å². The van der Waals surface area contributed by atoms with Gasteiger partial charge in [-0.2, -0.15) is 0 Å². The molecule has 1 aromatic carbocycles. The van der Waals surface area contributed by atoms with E-state index in [0.717, 1.165) is 12.1 Å². The maximum atomic E-state index is 5.73. The molecule has 0 unspecified atom stereocenters. The SMILES string of the molecule is C/C=C/COc1c(OC)cc(CNC2CC2)cc1OC. The quantitative estimate of drug-likeness (QED) is 0.742. The van der Waals surface area contributed by atoms with Gasteiger partial charge in [0.2, 0.25) is 5.75 Å². The predicted octanol–water partition coefficient (Wildman–Crippen LogP) is 2.91. The summed E-state index contributed by atoms with van der Waals surface area (Å²) in [6.45, 7) is 3.29. The molecular formula is C16H23NO3. The Morgan fingerprint density at radius 2 is 1.85 bits per heavy atom. The summed E-state index contributed by atoms with van der Waals surface area (Å²) >= 11 is 0. The average molecular weight is 277 g/mol. The summed E-state index contributed by atoms with van der Waals surface area (Å²) in [6.07, 6.45) is 6.45. The monoisotopic (exact) mass is 277 g/mol. The number of rotatable bonds is 8. The molecule has 0 aromatic heterocycles. The number of hydrogen-bond donors (Lipinski definition) is 1. The third kappa shape index (κ3) is 3.90. The van der Waals surface area contributed by atoms with Crippen LogP contribution in [0.4, 0.5) is 0 Å². The van der Waals surface area contributed by atoms with Gasteiger partial charge in [-0.15, -0.1) is 0 Å². The van der Waals surface area contributed by atoms with E-state index >= 15 is 0 Å². The zero-order chi connectivity index (χ0) is 14.4. The smallest absolute Gasteiger partial charge is 0.203 e. The lowest BCUT2D eigenvalue weighted by Crippen LogP contribution is -2.15. The summed E-state index contributed by atoms with van der Waals surface area (Å²) in [5.41, 5.74) is 1.14. The van der Waals surface area contributed by atoms with Crippen molar-refractivity contribution in [2.45, 2.75) is 32.4 Å². The van der Waals surface area contributed by atoms with Gasteiger partial charge in [-0.3, -0.25) is 0 Å². The first-order chi connectivity index (χ1) is 9.78. The van der Waals surface area contributed by atoms with E-state index in [9.17, 15) is 0 Å². The van der Waals surface area contributed by atoms with Gasteiger partial charge in [0.15, 0.2) is 11.5 Å². The van der Waals surface area contributed by atoms with E-state index in [2.05, 4.69) is 5.32 Å². The van der Waals surface area contributed by atoms with Crippen molar-refractivity contribution in [3.05, 3.63) is 29.8 Å². The van der Waals surface area contributed by atoms with Crippen LogP contribution >= 0.6 is 0 Å². The van der Waals surface area contributed by atoms with E-state index in [1.807, 2.05) is 31.2 Å². The molecule has 0 saturated heterocycles. The molecule has 4 nitrogen and oxygen atoms in total. The molecule has 0 aliphatic heterocycles. The fourth-order valence-electron chi connectivity index (χ4n) is 1.96. The normalized spacial score (nSPS) is 14.6. The number of benzene rings is 1. The highest BCUT2D eigenvalue weighted by atomic mass is 16.5. The van der Waals surface area contributed by atoms with Crippen LogP contribution in [0.5, 0.6) is 17.2 Å². The van der Waals surface area contributed by atoms with E-state index < -0.39 is 0 Å². The largest absolute Gasteiger partial charge is 0.493 e. The molecule has 1 fully saturated rings. The first kappa shape index (κ1) is 14.7. The first-order valence-electron chi connectivity index (χ1n) is 7.00. The van der Waals surface area contributed by atoms with Gasteiger partial charge < -0.3 is 19.5 Å². The second-order valence-electron chi connectivity index (χ2n) is 4.86. The van der Waals surface area contributed by atoms with Crippen LogP contribution in [0, 0.1) is 0 Å². The fourth-order valence-corrected chi connectivity index (χ4v) is 1.96. The molecule has 0 atom stereocenters. The Balaban J connectivity index is 2.15. The Labute approximate surface area is 120 Å². The van der Waals surface area contributed by atoms with Crippen LogP contribution < -0.4 is 19.5 Å². The molecule has 0 radical (unpaired) electrons. The van der Waals surface area contributed by atoms with Gasteiger partial charge in [0.25, 0.3) is 0 Å². The van der Waals surface area contributed by atoms with Crippen molar-refractivity contribution in [3.63, 3.8) is 0 Å². The molecule has 0 spiro atoms. The molecule has 0 amide bonds. The molecule has 0 bridgehead atoms. The summed E-state index contributed by atoms with van der Waals surface area (Å²) < 4.78 is 16.6. The van der Waals surface area contributed by atoms with Crippen LogP contribution in [0.2, 0.25) is 0 Å². The second kappa shape index (κ2) is 7.20. The van der Waals surface area contributed by atoms with Crippen molar-refractivity contribution in [2.75, 3.05) is 20.8 Å². The fraction of sp³-hybridized carbons (Fsp3) is 0.500. The van der Waals surface area contributed by atoms with Gasteiger partial charge in [-0.05, 0) is 37.5 Å². The summed E-state index contributed by atoms with van der Waals surface area (Å²) in [5.74, 6) is 2.08. The van der Waals surface area contributed by atoms with Crippen molar-refractivity contribution in [1.29, 1.82) is 0 Å². The van der Waals surface area contributed by atoms with Gasteiger partial charge in [0.05, 0.1) is 14.2 Å². The summed E-state index contributed by atoms with van der Waals surface area (Å²) in [4.78, 5) is 0. The van der Waals surface area contributed by atoms with E-state index in [1.165, 1.54) is 12.8 Å². The summed E-state index contributed by atoms with van der Waals surface area (Å²) in [7, 11) is 3.30. The van der Waals surface area contributed by atoms with E-state index in [4.69, 9.17) is 14.2 Å². The van der Waals surface area contributed by atoms with Crippen LogP contribution in [-0.2, 0) is 6.54 Å². The van der Waals surface area contributed by atoms with Crippen LogP contribution in [0.25, 0.3) is 0 Å². The van der Waals surface area contributed by atoms with E-state index in [-0.39, 0.29) is 0 Å². The summed E-state index contributed by atoms with van der Waals surface area (Å²) in [6, 6.07) is 4.68. The lowest BCUT2D eigenvalue weighted by Gasteiger charge is -2.15. The molecule has 1 aliphatic rings. The van der Waals surface area contributed by atoms with Crippen molar-refractivity contribution >= 4 is 0 Å². The zero-order valence-corrected chi connectivity index (χ0v) is 12.4. The van der Waals surface area contributed by atoms with Crippen molar-refractivity contribution in [2.24, 2.45) is 0 Å². The predicted molar refractivity (Wildman–Crippen MR) is 79.7 cm³/mol. The van der Waals surface area contributed by atoms with Gasteiger partial charge in [0, 0.05) is 12.6 Å². The first-order valence-corrected chi connectivity index (χ1v) is 7.00. The Hall–Kier alpha value is -1.68. The molecule has 2 rings (SSSR count). The molecule has 110 valence electrons. The Bertz CT molecular complexity index is 442. The van der Waals surface area contributed by atoms with Gasteiger partial charge in [-0.25, -0.2) is 0 Å². The van der Waals surface area contributed by atoms with Crippen LogP contribution in [0.3, 0.4) is 0 Å². The molecule has 1 aromatic rings. The lowest BCUT2D eigenvalue weighted by molar-refractivity contribution is 0.300. The average Bonchev–Trinajstić information content (AvgIpc) is 3.29.